The summed E-state index contributed by atoms with van der Waals surface area (Å²) in [6.07, 6.45) is 3.72. The van der Waals surface area contributed by atoms with Crippen molar-refractivity contribution in [2.45, 2.75) is 53.9 Å². The molecule has 23 heavy (non-hydrogen) atoms. The monoisotopic (exact) mass is 320 g/mol. The summed E-state index contributed by atoms with van der Waals surface area (Å²) in [6.45, 7) is 13.4. The van der Waals surface area contributed by atoms with E-state index in [1.165, 1.54) is 36.1 Å². The highest BCUT2D eigenvalue weighted by molar-refractivity contribution is 5.81. The molecule has 4 heteroatoms. The number of aliphatic imine (C=N–C) groups is 1. The molecule has 0 unspecified atom stereocenters. The zero-order valence-corrected chi connectivity index (χ0v) is 15.9. The molecule has 1 aromatic rings. The van der Waals surface area contributed by atoms with Crippen molar-refractivity contribution in [1.82, 2.24) is 4.90 Å². The molecular weight excluding hydrogens is 284 g/mol. The van der Waals surface area contributed by atoms with Crippen LogP contribution in [0.4, 0.5) is 5.69 Å². The molecule has 132 valence electrons. The second-order valence-corrected chi connectivity index (χ2v) is 6.28. The number of unbranched alkanes of at least 4 members (excludes halogenated alkanes) is 1. The normalized spacial score (nSPS) is 11.4. The fourth-order valence-electron chi connectivity index (χ4n) is 2.16. The number of nitrogens with two attached hydrogens (primary N) is 2. The third-order valence-electron chi connectivity index (χ3n) is 3.75. The maximum Gasteiger partial charge on any atom is 0.0965 e. The SMILES string of the molecule is CC(N)=Nc1cc(C)c(C)cc1C.CCCCN(C)CCCN. The fraction of sp³-hybridized carbons (Fsp3) is 0.632. The van der Waals surface area contributed by atoms with Crippen molar-refractivity contribution in [3.63, 3.8) is 0 Å². The van der Waals surface area contributed by atoms with Crippen LogP contribution in [-0.4, -0.2) is 37.4 Å². The van der Waals surface area contributed by atoms with E-state index in [2.05, 4.69) is 49.8 Å². The van der Waals surface area contributed by atoms with Gasteiger partial charge >= 0.3 is 0 Å². The van der Waals surface area contributed by atoms with Crippen molar-refractivity contribution in [2.75, 3.05) is 26.7 Å². The number of amidine groups is 1. The van der Waals surface area contributed by atoms with E-state index in [1.54, 1.807) is 6.92 Å². The minimum absolute atomic E-state index is 0.603. The van der Waals surface area contributed by atoms with E-state index in [1.807, 2.05) is 6.92 Å². The topological polar surface area (TPSA) is 67.6 Å². The average Bonchev–Trinajstić information content (AvgIpc) is 2.48. The first-order valence-electron chi connectivity index (χ1n) is 8.59. The van der Waals surface area contributed by atoms with Crippen molar-refractivity contribution in [3.05, 3.63) is 28.8 Å². The Morgan fingerprint density at radius 2 is 1.61 bits per heavy atom. The lowest BCUT2D eigenvalue weighted by molar-refractivity contribution is 0.325. The minimum Gasteiger partial charge on any atom is -0.387 e. The highest BCUT2D eigenvalue weighted by Crippen LogP contribution is 2.22. The van der Waals surface area contributed by atoms with Crippen LogP contribution in [0.5, 0.6) is 0 Å². The molecule has 0 atom stereocenters. The zero-order chi connectivity index (χ0) is 17.8. The minimum atomic E-state index is 0.603. The lowest BCUT2D eigenvalue weighted by atomic mass is 10.1. The summed E-state index contributed by atoms with van der Waals surface area (Å²) in [6, 6.07) is 4.21. The van der Waals surface area contributed by atoms with Crippen molar-refractivity contribution in [3.8, 4) is 0 Å². The molecule has 0 aromatic heterocycles. The van der Waals surface area contributed by atoms with Gasteiger partial charge in [-0.25, -0.2) is 4.99 Å². The molecule has 0 amide bonds. The standard InChI is InChI=1S/C11H16N2.C8H20N2/c1-7-5-9(3)11(6-8(7)2)13-10(4)12;1-3-4-7-10(2)8-5-6-9/h5-6H,1-4H3,(H2,12,13);3-9H2,1-2H3. The van der Waals surface area contributed by atoms with Gasteiger partial charge in [0, 0.05) is 0 Å². The van der Waals surface area contributed by atoms with Crippen molar-refractivity contribution in [1.29, 1.82) is 0 Å². The van der Waals surface area contributed by atoms with E-state index in [-0.39, 0.29) is 0 Å². The van der Waals surface area contributed by atoms with Crippen LogP contribution in [0.1, 0.15) is 49.8 Å². The number of benzene rings is 1. The lowest BCUT2D eigenvalue weighted by Crippen LogP contribution is -2.22. The molecular formula is C19H36N4. The van der Waals surface area contributed by atoms with E-state index in [0.717, 1.165) is 25.2 Å². The molecule has 0 spiro atoms. The molecule has 0 heterocycles. The molecule has 0 fully saturated rings. The van der Waals surface area contributed by atoms with Gasteiger partial charge in [0.15, 0.2) is 0 Å². The second-order valence-electron chi connectivity index (χ2n) is 6.28. The Morgan fingerprint density at radius 1 is 1.04 bits per heavy atom. The summed E-state index contributed by atoms with van der Waals surface area (Å²) in [5.41, 5.74) is 15.6. The molecule has 1 rings (SSSR count). The van der Waals surface area contributed by atoms with Gasteiger partial charge in [-0.1, -0.05) is 19.4 Å². The van der Waals surface area contributed by atoms with Gasteiger partial charge in [-0.05, 0) is 90.0 Å². The summed E-state index contributed by atoms with van der Waals surface area (Å²) in [4.78, 5) is 6.60. The van der Waals surface area contributed by atoms with Gasteiger partial charge in [0.25, 0.3) is 0 Å². The Hall–Kier alpha value is -1.39. The van der Waals surface area contributed by atoms with Gasteiger partial charge in [0.05, 0.1) is 11.5 Å². The molecule has 0 radical (unpaired) electrons. The number of rotatable bonds is 7. The van der Waals surface area contributed by atoms with Crippen LogP contribution in [0.3, 0.4) is 0 Å². The van der Waals surface area contributed by atoms with Gasteiger partial charge in [-0.15, -0.1) is 0 Å². The predicted octanol–water partition coefficient (Wildman–Crippen LogP) is 3.69. The molecule has 4 N–H and O–H groups in total. The third-order valence-corrected chi connectivity index (χ3v) is 3.75. The van der Waals surface area contributed by atoms with Crippen molar-refractivity contribution >= 4 is 11.5 Å². The number of nitrogens with zero attached hydrogens (tertiary/aromatic N) is 2. The Balaban J connectivity index is 0.000000438. The third kappa shape index (κ3) is 10.1. The summed E-state index contributed by atoms with van der Waals surface area (Å²) in [5, 5.41) is 0. The Morgan fingerprint density at radius 3 is 2.13 bits per heavy atom. The van der Waals surface area contributed by atoms with Gasteiger partial charge in [0.1, 0.15) is 0 Å². The van der Waals surface area contributed by atoms with Gasteiger partial charge in [-0.2, -0.15) is 0 Å². The molecule has 0 saturated carbocycles. The highest BCUT2D eigenvalue weighted by Gasteiger charge is 2.00. The first-order chi connectivity index (χ1) is 10.8. The molecule has 0 bridgehead atoms. The summed E-state index contributed by atoms with van der Waals surface area (Å²) in [5.74, 6) is 0.603. The lowest BCUT2D eigenvalue weighted by Gasteiger charge is -2.14. The van der Waals surface area contributed by atoms with Crippen LogP contribution in [0.15, 0.2) is 17.1 Å². The van der Waals surface area contributed by atoms with Crippen molar-refractivity contribution < 1.29 is 0 Å². The molecule has 4 nitrogen and oxygen atoms in total. The quantitative estimate of drug-likeness (QED) is 0.595. The predicted molar refractivity (Wildman–Crippen MR) is 104 cm³/mol. The Labute approximate surface area is 143 Å². The van der Waals surface area contributed by atoms with Crippen LogP contribution in [0.2, 0.25) is 0 Å². The maximum absolute atomic E-state index is 5.53. The number of hydrogen-bond donors (Lipinski definition) is 2. The van der Waals surface area contributed by atoms with E-state index < -0.39 is 0 Å². The second kappa shape index (κ2) is 12.1. The van der Waals surface area contributed by atoms with Gasteiger partial charge in [0.2, 0.25) is 0 Å². The first-order valence-corrected chi connectivity index (χ1v) is 8.59. The van der Waals surface area contributed by atoms with Crippen LogP contribution >= 0.6 is 0 Å². The Kier molecular flexibility index (Phi) is 11.4. The average molecular weight is 321 g/mol. The first kappa shape index (κ1) is 21.6. The smallest absolute Gasteiger partial charge is 0.0965 e. The Bertz CT molecular complexity index is 469. The van der Waals surface area contributed by atoms with Gasteiger partial charge < -0.3 is 16.4 Å². The molecule has 0 saturated heterocycles. The molecule has 1 aromatic carbocycles. The van der Waals surface area contributed by atoms with Gasteiger partial charge in [-0.3, -0.25) is 0 Å². The zero-order valence-electron chi connectivity index (χ0n) is 15.9. The van der Waals surface area contributed by atoms with Crippen molar-refractivity contribution in [2.24, 2.45) is 16.5 Å². The highest BCUT2D eigenvalue weighted by atomic mass is 15.1. The van der Waals surface area contributed by atoms with E-state index >= 15 is 0 Å². The van der Waals surface area contributed by atoms with E-state index in [4.69, 9.17) is 11.5 Å². The van der Waals surface area contributed by atoms with Crippen LogP contribution in [0.25, 0.3) is 0 Å². The van der Waals surface area contributed by atoms with Crippen LogP contribution in [0, 0.1) is 20.8 Å². The van der Waals surface area contributed by atoms with Crippen LogP contribution in [-0.2, 0) is 0 Å². The fourth-order valence-corrected chi connectivity index (χ4v) is 2.16. The number of hydrogen-bond acceptors (Lipinski definition) is 3. The largest absolute Gasteiger partial charge is 0.387 e. The maximum atomic E-state index is 5.53. The van der Waals surface area contributed by atoms with E-state index in [0.29, 0.717) is 5.84 Å². The van der Waals surface area contributed by atoms with Crippen LogP contribution < -0.4 is 11.5 Å². The summed E-state index contributed by atoms with van der Waals surface area (Å²) in [7, 11) is 2.16. The summed E-state index contributed by atoms with van der Waals surface area (Å²) >= 11 is 0. The molecule has 0 aliphatic carbocycles. The molecule has 0 aliphatic rings. The van der Waals surface area contributed by atoms with E-state index in [9.17, 15) is 0 Å². The number of aryl methyl sites for hydroxylation is 3. The molecule has 0 aliphatic heterocycles. The summed E-state index contributed by atoms with van der Waals surface area (Å²) < 4.78 is 0.